The molecule has 3 heteroatoms. The lowest BCUT2D eigenvalue weighted by Gasteiger charge is -2.05. The van der Waals surface area contributed by atoms with Crippen LogP contribution in [0, 0.1) is 0 Å². The Hall–Kier alpha value is -1.35. The summed E-state index contributed by atoms with van der Waals surface area (Å²) in [6, 6.07) is 9.40. The lowest BCUT2D eigenvalue weighted by Crippen LogP contribution is -2.18. The predicted octanol–water partition coefficient (Wildman–Crippen LogP) is 2.83. The van der Waals surface area contributed by atoms with Crippen LogP contribution in [0.25, 0.3) is 0 Å². The average molecular weight is 221 g/mol. The van der Waals surface area contributed by atoms with Crippen molar-refractivity contribution in [3.05, 3.63) is 30.3 Å². The van der Waals surface area contributed by atoms with Gasteiger partial charge in [-0.2, -0.15) is 0 Å². The highest BCUT2D eigenvalue weighted by Gasteiger charge is 2.01. The summed E-state index contributed by atoms with van der Waals surface area (Å²) in [6.45, 7) is 2.94. The van der Waals surface area contributed by atoms with Gasteiger partial charge in [0.25, 0.3) is 0 Å². The van der Waals surface area contributed by atoms with Gasteiger partial charge < -0.3 is 10.1 Å². The van der Waals surface area contributed by atoms with Crippen LogP contribution in [0.4, 0.5) is 5.69 Å². The Morgan fingerprint density at radius 2 is 2.00 bits per heavy atom. The molecule has 88 valence electrons. The number of amides is 1. The highest BCUT2D eigenvalue weighted by molar-refractivity contribution is 5.91. The van der Waals surface area contributed by atoms with Crippen LogP contribution in [-0.4, -0.2) is 19.1 Å². The van der Waals surface area contributed by atoms with Gasteiger partial charge in [-0.15, -0.1) is 0 Å². The number of carbonyl (C=O) groups is 1. The zero-order valence-electron chi connectivity index (χ0n) is 9.74. The molecule has 1 aromatic rings. The highest BCUT2D eigenvalue weighted by atomic mass is 16.5. The number of carbonyl (C=O) groups excluding carboxylic acids is 1. The molecule has 1 rings (SSSR count). The monoisotopic (exact) mass is 221 g/mol. The smallest absolute Gasteiger partial charge is 0.250 e. The second-order valence-electron chi connectivity index (χ2n) is 3.67. The lowest BCUT2D eigenvalue weighted by atomic mass is 10.3. The predicted molar refractivity (Wildman–Crippen MR) is 65.4 cm³/mol. The van der Waals surface area contributed by atoms with Crippen LogP contribution in [0.2, 0.25) is 0 Å². The first-order chi connectivity index (χ1) is 7.83. The number of rotatable bonds is 7. The number of hydrogen-bond donors (Lipinski definition) is 1. The summed E-state index contributed by atoms with van der Waals surface area (Å²) >= 11 is 0. The van der Waals surface area contributed by atoms with Gasteiger partial charge >= 0.3 is 0 Å². The molecule has 16 heavy (non-hydrogen) atoms. The summed E-state index contributed by atoms with van der Waals surface area (Å²) < 4.78 is 5.26. The molecule has 0 radical (unpaired) electrons. The van der Waals surface area contributed by atoms with E-state index >= 15 is 0 Å². The van der Waals surface area contributed by atoms with Crippen molar-refractivity contribution in [3.63, 3.8) is 0 Å². The average Bonchev–Trinajstić information content (AvgIpc) is 2.30. The Morgan fingerprint density at radius 1 is 1.25 bits per heavy atom. The molecule has 0 aliphatic rings. The van der Waals surface area contributed by atoms with Gasteiger partial charge in [-0.3, -0.25) is 4.79 Å². The van der Waals surface area contributed by atoms with Crippen LogP contribution in [0.5, 0.6) is 0 Å². The molecular formula is C13H19NO2. The van der Waals surface area contributed by atoms with E-state index in [1.54, 1.807) is 0 Å². The zero-order valence-corrected chi connectivity index (χ0v) is 9.74. The molecule has 0 bridgehead atoms. The van der Waals surface area contributed by atoms with Crippen molar-refractivity contribution in [1.82, 2.24) is 0 Å². The quantitative estimate of drug-likeness (QED) is 0.719. The Balaban J connectivity index is 2.12. The van der Waals surface area contributed by atoms with Crippen molar-refractivity contribution in [2.75, 3.05) is 18.5 Å². The third-order valence-corrected chi connectivity index (χ3v) is 2.18. The first-order valence-corrected chi connectivity index (χ1v) is 5.75. The maximum absolute atomic E-state index is 11.4. The molecule has 1 amide bonds. The Labute approximate surface area is 96.8 Å². The SMILES string of the molecule is CCCCCOCC(=O)Nc1ccccc1. The Bertz CT molecular complexity index is 298. The van der Waals surface area contributed by atoms with Crippen molar-refractivity contribution in [2.24, 2.45) is 0 Å². The van der Waals surface area contributed by atoms with E-state index in [9.17, 15) is 4.79 Å². The van der Waals surface area contributed by atoms with Gasteiger partial charge in [0.2, 0.25) is 5.91 Å². The van der Waals surface area contributed by atoms with E-state index in [4.69, 9.17) is 4.74 Å². The topological polar surface area (TPSA) is 38.3 Å². The van der Waals surface area contributed by atoms with Crippen LogP contribution in [0.1, 0.15) is 26.2 Å². The Morgan fingerprint density at radius 3 is 2.69 bits per heavy atom. The van der Waals surface area contributed by atoms with Crippen LogP contribution < -0.4 is 5.32 Å². The first kappa shape index (κ1) is 12.7. The fourth-order valence-electron chi connectivity index (χ4n) is 1.34. The van der Waals surface area contributed by atoms with Crippen LogP contribution in [0.3, 0.4) is 0 Å². The summed E-state index contributed by atoms with van der Waals surface area (Å²) in [5.74, 6) is -0.0947. The van der Waals surface area contributed by atoms with E-state index < -0.39 is 0 Å². The van der Waals surface area contributed by atoms with Gasteiger partial charge in [0.15, 0.2) is 0 Å². The van der Waals surface area contributed by atoms with E-state index in [0.29, 0.717) is 6.61 Å². The molecule has 3 nitrogen and oxygen atoms in total. The minimum absolute atomic E-state index is 0.0947. The van der Waals surface area contributed by atoms with E-state index in [-0.39, 0.29) is 12.5 Å². The second kappa shape index (κ2) is 7.88. The van der Waals surface area contributed by atoms with E-state index in [0.717, 1.165) is 18.5 Å². The third-order valence-electron chi connectivity index (χ3n) is 2.18. The number of anilines is 1. The molecule has 1 N–H and O–H groups in total. The standard InChI is InChI=1S/C13H19NO2/c1-2-3-7-10-16-11-13(15)14-12-8-5-4-6-9-12/h4-6,8-9H,2-3,7,10-11H2,1H3,(H,14,15). The normalized spacial score (nSPS) is 10.1. The fraction of sp³-hybridized carbons (Fsp3) is 0.462. The van der Waals surface area contributed by atoms with Gasteiger partial charge in [0, 0.05) is 12.3 Å². The summed E-state index contributed by atoms with van der Waals surface area (Å²) in [4.78, 5) is 11.4. The largest absolute Gasteiger partial charge is 0.372 e. The number of nitrogens with one attached hydrogen (secondary N) is 1. The molecule has 0 unspecified atom stereocenters. The summed E-state index contributed by atoms with van der Waals surface area (Å²) in [5.41, 5.74) is 0.810. The number of unbranched alkanes of at least 4 members (excludes halogenated alkanes) is 2. The molecule has 0 atom stereocenters. The molecule has 0 aliphatic heterocycles. The minimum atomic E-state index is -0.0947. The maximum Gasteiger partial charge on any atom is 0.250 e. The Kier molecular flexibility index (Phi) is 6.26. The molecular weight excluding hydrogens is 202 g/mol. The van der Waals surface area contributed by atoms with E-state index in [1.165, 1.54) is 6.42 Å². The van der Waals surface area contributed by atoms with Crippen LogP contribution in [0.15, 0.2) is 30.3 Å². The molecule has 0 fully saturated rings. The molecule has 0 aromatic heterocycles. The van der Waals surface area contributed by atoms with Crippen molar-refractivity contribution < 1.29 is 9.53 Å². The number of ether oxygens (including phenoxy) is 1. The van der Waals surface area contributed by atoms with Gasteiger partial charge in [0.05, 0.1) is 0 Å². The second-order valence-corrected chi connectivity index (χ2v) is 3.67. The van der Waals surface area contributed by atoms with E-state index in [1.807, 2.05) is 30.3 Å². The van der Waals surface area contributed by atoms with Gasteiger partial charge in [0.1, 0.15) is 6.61 Å². The number of hydrogen-bond acceptors (Lipinski definition) is 2. The van der Waals surface area contributed by atoms with Crippen LogP contribution in [-0.2, 0) is 9.53 Å². The van der Waals surface area contributed by atoms with Crippen molar-refractivity contribution in [2.45, 2.75) is 26.2 Å². The van der Waals surface area contributed by atoms with Gasteiger partial charge in [-0.1, -0.05) is 38.0 Å². The first-order valence-electron chi connectivity index (χ1n) is 5.75. The third kappa shape index (κ3) is 5.51. The zero-order chi connectivity index (χ0) is 11.6. The number of para-hydroxylation sites is 1. The lowest BCUT2D eigenvalue weighted by molar-refractivity contribution is -0.120. The van der Waals surface area contributed by atoms with Crippen LogP contribution >= 0.6 is 0 Å². The van der Waals surface area contributed by atoms with Crippen molar-refractivity contribution in [3.8, 4) is 0 Å². The summed E-state index contributed by atoms with van der Waals surface area (Å²) in [7, 11) is 0. The molecule has 0 aliphatic carbocycles. The summed E-state index contributed by atoms with van der Waals surface area (Å²) in [6.07, 6.45) is 3.34. The van der Waals surface area contributed by atoms with Crippen molar-refractivity contribution >= 4 is 11.6 Å². The molecule has 1 aromatic carbocycles. The molecule has 0 spiro atoms. The maximum atomic E-state index is 11.4. The van der Waals surface area contributed by atoms with Gasteiger partial charge in [-0.05, 0) is 18.6 Å². The molecule has 0 saturated heterocycles. The minimum Gasteiger partial charge on any atom is -0.372 e. The highest BCUT2D eigenvalue weighted by Crippen LogP contribution is 2.04. The van der Waals surface area contributed by atoms with Crippen molar-refractivity contribution in [1.29, 1.82) is 0 Å². The summed E-state index contributed by atoms with van der Waals surface area (Å²) in [5, 5.41) is 2.77. The fourth-order valence-corrected chi connectivity index (χ4v) is 1.34. The molecule has 0 heterocycles. The van der Waals surface area contributed by atoms with E-state index in [2.05, 4.69) is 12.2 Å². The van der Waals surface area contributed by atoms with Gasteiger partial charge in [-0.25, -0.2) is 0 Å². The molecule has 0 saturated carbocycles. The number of benzene rings is 1.